The Labute approximate surface area is 115 Å². The minimum atomic E-state index is 0.131. The summed E-state index contributed by atoms with van der Waals surface area (Å²) in [5, 5.41) is 0. The topological polar surface area (TPSA) is 51.3 Å². The number of carbonyl (C=O) groups excluding carboxylic acids is 1. The number of likely N-dealkylation sites (tertiary alicyclic amines) is 1. The number of rotatable bonds is 2. The van der Waals surface area contributed by atoms with Crippen LogP contribution in [-0.2, 0) is 0 Å². The molecule has 19 heavy (non-hydrogen) atoms. The van der Waals surface area contributed by atoms with Gasteiger partial charge in [-0.25, -0.2) is 0 Å². The lowest BCUT2D eigenvalue weighted by Gasteiger charge is -2.30. The van der Waals surface area contributed by atoms with Gasteiger partial charge >= 0.3 is 0 Å². The van der Waals surface area contributed by atoms with E-state index in [0.29, 0.717) is 12.6 Å². The quantitative estimate of drug-likeness (QED) is 0.889. The molecule has 0 aromatic carbocycles. The molecule has 1 aromatic heterocycles. The SMILES string of the molecule is Cc1cc(C(=O)N2CCCC(N)C2)c(C)n1C(C)C. The zero-order valence-electron chi connectivity index (χ0n) is 12.4. The highest BCUT2D eigenvalue weighted by molar-refractivity contribution is 5.95. The predicted molar refractivity (Wildman–Crippen MR) is 77.4 cm³/mol. The number of carbonyl (C=O) groups is 1. The Kier molecular flexibility index (Phi) is 3.99. The summed E-state index contributed by atoms with van der Waals surface area (Å²) in [6.45, 7) is 9.90. The van der Waals surface area contributed by atoms with Gasteiger partial charge in [0, 0.05) is 36.6 Å². The fourth-order valence-corrected chi connectivity index (χ4v) is 3.15. The van der Waals surface area contributed by atoms with Crippen LogP contribution in [0.5, 0.6) is 0 Å². The van der Waals surface area contributed by atoms with Crippen LogP contribution in [0.2, 0.25) is 0 Å². The monoisotopic (exact) mass is 263 g/mol. The van der Waals surface area contributed by atoms with Crippen LogP contribution in [-0.4, -0.2) is 34.5 Å². The summed E-state index contributed by atoms with van der Waals surface area (Å²) in [7, 11) is 0. The molecule has 2 rings (SSSR count). The van der Waals surface area contributed by atoms with E-state index in [0.717, 1.165) is 36.3 Å². The van der Waals surface area contributed by atoms with Crippen molar-refractivity contribution >= 4 is 5.91 Å². The molecule has 1 atom stereocenters. The van der Waals surface area contributed by atoms with E-state index < -0.39 is 0 Å². The molecule has 0 saturated carbocycles. The van der Waals surface area contributed by atoms with Gasteiger partial charge in [-0.15, -0.1) is 0 Å². The molecule has 1 aliphatic heterocycles. The molecule has 2 N–H and O–H groups in total. The first-order valence-corrected chi connectivity index (χ1v) is 7.15. The molecule has 0 spiro atoms. The zero-order valence-corrected chi connectivity index (χ0v) is 12.4. The van der Waals surface area contributed by atoms with Crippen molar-refractivity contribution in [1.82, 2.24) is 9.47 Å². The molecular formula is C15H25N3O. The summed E-state index contributed by atoms with van der Waals surface area (Å²) < 4.78 is 2.22. The molecule has 0 aliphatic carbocycles. The van der Waals surface area contributed by atoms with Crippen LogP contribution in [0.1, 0.15) is 54.5 Å². The van der Waals surface area contributed by atoms with E-state index in [-0.39, 0.29) is 11.9 Å². The largest absolute Gasteiger partial charge is 0.346 e. The first-order chi connectivity index (χ1) is 8.91. The smallest absolute Gasteiger partial charge is 0.255 e. The van der Waals surface area contributed by atoms with E-state index in [9.17, 15) is 4.79 Å². The minimum absolute atomic E-state index is 0.131. The Hall–Kier alpha value is -1.29. The Morgan fingerprint density at radius 1 is 1.42 bits per heavy atom. The molecule has 1 aliphatic rings. The van der Waals surface area contributed by atoms with Gasteiger partial charge in [0.2, 0.25) is 0 Å². The van der Waals surface area contributed by atoms with Gasteiger partial charge in [-0.3, -0.25) is 4.79 Å². The maximum Gasteiger partial charge on any atom is 0.255 e. The Morgan fingerprint density at radius 2 is 2.11 bits per heavy atom. The number of nitrogens with zero attached hydrogens (tertiary/aromatic N) is 2. The molecular weight excluding hydrogens is 238 g/mol. The molecule has 1 unspecified atom stereocenters. The number of nitrogens with two attached hydrogens (primary N) is 1. The van der Waals surface area contributed by atoms with Crippen LogP contribution in [0.3, 0.4) is 0 Å². The summed E-state index contributed by atoms with van der Waals surface area (Å²) in [5.74, 6) is 0.134. The Bertz CT molecular complexity index is 476. The van der Waals surface area contributed by atoms with Crippen LogP contribution in [0, 0.1) is 13.8 Å². The van der Waals surface area contributed by atoms with Gasteiger partial charge < -0.3 is 15.2 Å². The molecule has 4 nitrogen and oxygen atoms in total. The highest BCUT2D eigenvalue weighted by atomic mass is 16.2. The number of hydrogen-bond donors (Lipinski definition) is 1. The third-order valence-electron chi connectivity index (χ3n) is 3.98. The van der Waals surface area contributed by atoms with E-state index in [4.69, 9.17) is 5.73 Å². The van der Waals surface area contributed by atoms with Crippen LogP contribution in [0.15, 0.2) is 6.07 Å². The van der Waals surface area contributed by atoms with Crippen molar-refractivity contribution in [3.05, 3.63) is 23.0 Å². The van der Waals surface area contributed by atoms with Crippen molar-refractivity contribution in [2.24, 2.45) is 5.73 Å². The molecule has 1 aromatic rings. The summed E-state index contributed by atoms with van der Waals surface area (Å²) in [4.78, 5) is 14.5. The third kappa shape index (κ3) is 2.68. The van der Waals surface area contributed by atoms with Gasteiger partial charge in [0.1, 0.15) is 0 Å². The molecule has 106 valence electrons. The second-order valence-electron chi connectivity index (χ2n) is 5.90. The lowest BCUT2D eigenvalue weighted by molar-refractivity contribution is 0.0708. The van der Waals surface area contributed by atoms with Crippen molar-refractivity contribution < 1.29 is 4.79 Å². The van der Waals surface area contributed by atoms with Crippen LogP contribution in [0.4, 0.5) is 0 Å². The summed E-state index contributed by atoms with van der Waals surface area (Å²) in [5.41, 5.74) is 9.01. The van der Waals surface area contributed by atoms with Crippen LogP contribution < -0.4 is 5.73 Å². The summed E-state index contributed by atoms with van der Waals surface area (Å²) in [6, 6.07) is 2.52. The standard InChI is InChI=1S/C15H25N3O/c1-10(2)18-11(3)8-14(12(18)4)15(19)17-7-5-6-13(16)9-17/h8,10,13H,5-7,9,16H2,1-4H3. The average molecular weight is 263 g/mol. The van der Waals surface area contributed by atoms with Crippen LogP contribution in [0.25, 0.3) is 0 Å². The average Bonchev–Trinajstić information content (AvgIpc) is 2.63. The van der Waals surface area contributed by atoms with Crippen molar-refractivity contribution in [3.63, 3.8) is 0 Å². The molecule has 0 radical (unpaired) electrons. The van der Waals surface area contributed by atoms with Gasteiger partial charge in [-0.05, 0) is 46.6 Å². The Balaban J connectivity index is 2.27. The Morgan fingerprint density at radius 3 is 2.63 bits per heavy atom. The van der Waals surface area contributed by atoms with Crippen molar-refractivity contribution in [2.75, 3.05) is 13.1 Å². The first-order valence-electron chi connectivity index (χ1n) is 7.15. The second-order valence-corrected chi connectivity index (χ2v) is 5.90. The van der Waals surface area contributed by atoms with Gasteiger partial charge in [-0.2, -0.15) is 0 Å². The maximum absolute atomic E-state index is 12.6. The number of aryl methyl sites for hydroxylation is 1. The zero-order chi connectivity index (χ0) is 14.2. The fraction of sp³-hybridized carbons (Fsp3) is 0.667. The molecule has 1 saturated heterocycles. The normalized spacial score (nSPS) is 20.1. The lowest BCUT2D eigenvalue weighted by Crippen LogP contribution is -2.45. The van der Waals surface area contributed by atoms with Crippen molar-refractivity contribution in [2.45, 2.75) is 52.6 Å². The van der Waals surface area contributed by atoms with E-state index in [2.05, 4.69) is 25.3 Å². The van der Waals surface area contributed by atoms with Crippen molar-refractivity contribution in [3.8, 4) is 0 Å². The number of piperidine rings is 1. The van der Waals surface area contributed by atoms with Gasteiger partial charge in [-0.1, -0.05) is 0 Å². The first kappa shape index (κ1) is 14.1. The highest BCUT2D eigenvalue weighted by Crippen LogP contribution is 2.22. The van der Waals surface area contributed by atoms with Crippen molar-refractivity contribution in [1.29, 1.82) is 0 Å². The molecule has 4 heteroatoms. The minimum Gasteiger partial charge on any atom is -0.346 e. The second kappa shape index (κ2) is 5.37. The third-order valence-corrected chi connectivity index (χ3v) is 3.98. The van der Waals surface area contributed by atoms with E-state index in [1.807, 2.05) is 17.9 Å². The van der Waals surface area contributed by atoms with Gasteiger partial charge in [0.25, 0.3) is 5.91 Å². The summed E-state index contributed by atoms with van der Waals surface area (Å²) >= 11 is 0. The van der Waals surface area contributed by atoms with E-state index >= 15 is 0 Å². The molecule has 0 bridgehead atoms. The van der Waals surface area contributed by atoms with Gasteiger partial charge in [0.05, 0.1) is 5.56 Å². The lowest BCUT2D eigenvalue weighted by atomic mass is 10.1. The number of amides is 1. The fourth-order valence-electron chi connectivity index (χ4n) is 3.15. The van der Waals surface area contributed by atoms with Crippen LogP contribution >= 0.6 is 0 Å². The maximum atomic E-state index is 12.6. The summed E-state index contributed by atoms with van der Waals surface area (Å²) in [6.07, 6.45) is 2.03. The molecule has 1 fully saturated rings. The molecule has 2 heterocycles. The number of aromatic nitrogens is 1. The predicted octanol–water partition coefficient (Wildman–Crippen LogP) is 2.25. The highest BCUT2D eigenvalue weighted by Gasteiger charge is 2.25. The molecule has 1 amide bonds. The van der Waals surface area contributed by atoms with E-state index in [1.54, 1.807) is 0 Å². The van der Waals surface area contributed by atoms with E-state index in [1.165, 1.54) is 0 Å². The number of hydrogen-bond acceptors (Lipinski definition) is 2. The van der Waals surface area contributed by atoms with Gasteiger partial charge in [0.15, 0.2) is 0 Å².